The fraction of sp³-hybridized carbons (Fsp3) is 0.750. The van der Waals surface area contributed by atoms with Gasteiger partial charge in [0.25, 0.3) is 10.4 Å². The largest absolute Gasteiger partial charge is 0.329 e. The van der Waals surface area contributed by atoms with Crippen LogP contribution in [0, 0.1) is 5.92 Å². The van der Waals surface area contributed by atoms with Crippen LogP contribution in [0.5, 0.6) is 0 Å². The van der Waals surface area contributed by atoms with Crippen LogP contribution in [0.15, 0.2) is 0 Å². The van der Waals surface area contributed by atoms with Gasteiger partial charge in [-0.05, 0) is 5.92 Å². The molecule has 0 unspecified atom stereocenters. The Morgan fingerprint density at radius 2 is 1.86 bits per heavy atom. The molecule has 0 aromatic heterocycles. The third-order valence-electron chi connectivity index (χ3n) is 1.97. The van der Waals surface area contributed by atoms with Gasteiger partial charge in [-0.15, -0.1) is 0 Å². The molecular weight excluding hydrogens is 227 g/mol. The molecule has 3 amide bonds. The van der Waals surface area contributed by atoms with Crippen LogP contribution in [0.25, 0.3) is 0 Å². The molecule has 1 fully saturated rings. The van der Waals surface area contributed by atoms with Gasteiger partial charge in [0.15, 0.2) is 0 Å². The number of imide groups is 1. The SMILES string of the molecule is CC(C)CN1C(=O)N(C)C(=O)C1(Cl)Cl. The Morgan fingerprint density at radius 1 is 1.36 bits per heavy atom. The Hall–Kier alpha value is -0.480. The lowest BCUT2D eigenvalue weighted by Gasteiger charge is -2.24. The lowest BCUT2D eigenvalue weighted by Crippen LogP contribution is -2.41. The molecule has 14 heavy (non-hydrogen) atoms. The van der Waals surface area contributed by atoms with Gasteiger partial charge in [-0.25, -0.2) is 4.79 Å². The first-order valence-corrected chi connectivity index (χ1v) is 5.01. The Kier molecular flexibility index (Phi) is 2.97. The molecule has 0 bridgehead atoms. The number of carbonyl (C=O) groups is 2. The number of carbonyl (C=O) groups excluding carboxylic acids is 2. The van der Waals surface area contributed by atoms with Crippen LogP contribution < -0.4 is 0 Å². The highest BCUT2D eigenvalue weighted by Gasteiger charge is 2.54. The Bertz CT molecular complexity index is 279. The molecule has 4 nitrogen and oxygen atoms in total. The standard InChI is InChI=1S/C8H12Cl2N2O2/c1-5(2)4-12-7(14)11(3)6(13)8(12,9)10/h5H,4H2,1-3H3. The minimum Gasteiger partial charge on any atom is -0.284 e. The monoisotopic (exact) mass is 238 g/mol. The van der Waals surface area contributed by atoms with Crippen LogP contribution in [0.4, 0.5) is 4.79 Å². The third-order valence-corrected chi connectivity index (χ3v) is 2.70. The van der Waals surface area contributed by atoms with Gasteiger partial charge in [0.1, 0.15) is 0 Å². The molecule has 0 aromatic carbocycles. The summed E-state index contributed by atoms with van der Waals surface area (Å²) in [5.41, 5.74) is 0. The molecule has 1 aliphatic rings. The second kappa shape index (κ2) is 3.59. The number of hydrogen-bond donors (Lipinski definition) is 0. The summed E-state index contributed by atoms with van der Waals surface area (Å²) in [4.78, 5) is 25.1. The quantitative estimate of drug-likeness (QED) is 0.417. The molecule has 1 saturated heterocycles. The molecule has 1 rings (SSSR count). The topological polar surface area (TPSA) is 40.6 Å². The third kappa shape index (κ3) is 1.68. The van der Waals surface area contributed by atoms with Crippen LogP contribution in [0.1, 0.15) is 13.8 Å². The fourth-order valence-electron chi connectivity index (χ4n) is 1.26. The van der Waals surface area contributed by atoms with E-state index >= 15 is 0 Å². The van der Waals surface area contributed by atoms with Crippen LogP contribution in [-0.4, -0.2) is 39.8 Å². The summed E-state index contributed by atoms with van der Waals surface area (Å²) in [5, 5.41) is 0. The summed E-state index contributed by atoms with van der Waals surface area (Å²) in [6.07, 6.45) is 0. The Balaban J connectivity index is 2.94. The maximum Gasteiger partial charge on any atom is 0.329 e. The van der Waals surface area contributed by atoms with E-state index in [9.17, 15) is 9.59 Å². The van der Waals surface area contributed by atoms with E-state index in [0.717, 1.165) is 4.90 Å². The molecule has 0 saturated carbocycles. The summed E-state index contributed by atoms with van der Waals surface area (Å²) >= 11 is 11.6. The van der Waals surface area contributed by atoms with Crippen molar-refractivity contribution in [3.8, 4) is 0 Å². The van der Waals surface area contributed by atoms with Crippen molar-refractivity contribution in [3.63, 3.8) is 0 Å². The summed E-state index contributed by atoms with van der Waals surface area (Å²) in [6, 6.07) is -0.450. The van der Waals surface area contributed by atoms with E-state index in [0.29, 0.717) is 6.54 Å². The Labute approximate surface area is 92.7 Å². The first-order chi connectivity index (χ1) is 6.28. The number of nitrogens with zero attached hydrogens (tertiary/aromatic N) is 2. The van der Waals surface area contributed by atoms with Crippen molar-refractivity contribution in [2.45, 2.75) is 18.3 Å². The van der Waals surface area contributed by atoms with Gasteiger partial charge < -0.3 is 0 Å². The van der Waals surface area contributed by atoms with Crippen molar-refractivity contribution in [1.82, 2.24) is 9.80 Å². The zero-order valence-electron chi connectivity index (χ0n) is 8.25. The zero-order valence-corrected chi connectivity index (χ0v) is 9.76. The van der Waals surface area contributed by atoms with Gasteiger partial charge in [0.2, 0.25) is 0 Å². The highest BCUT2D eigenvalue weighted by molar-refractivity contribution is 6.60. The molecule has 1 aliphatic heterocycles. The lowest BCUT2D eigenvalue weighted by molar-refractivity contribution is -0.126. The summed E-state index contributed by atoms with van der Waals surface area (Å²) in [6.45, 7) is 4.20. The molecule has 0 N–H and O–H groups in total. The number of amides is 3. The second-order valence-corrected chi connectivity index (χ2v) is 4.98. The van der Waals surface area contributed by atoms with Crippen molar-refractivity contribution < 1.29 is 9.59 Å². The van der Waals surface area contributed by atoms with Crippen molar-refractivity contribution in [2.24, 2.45) is 5.92 Å². The van der Waals surface area contributed by atoms with E-state index in [2.05, 4.69) is 0 Å². The molecule has 6 heteroatoms. The van der Waals surface area contributed by atoms with Gasteiger partial charge in [0.05, 0.1) is 0 Å². The first-order valence-electron chi connectivity index (χ1n) is 4.26. The van der Waals surface area contributed by atoms with Crippen molar-refractivity contribution in [2.75, 3.05) is 13.6 Å². The van der Waals surface area contributed by atoms with Gasteiger partial charge in [-0.2, -0.15) is 0 Å². The number of rotatable bonds is 2. The van der Waals surface area contributed by atoms with E-state index in [4.69, 9.17) is 23.2 Å². The van der Waals surface area contributed by atoms with E-state index in [-0.39, 0.29) is 5.92 Å². The molecule has 0 radical (unpaired) electrons. The molecule has 0 aliphatic carbocycles. The molecular formula is C8H12Cl2N2O2. The van der Waals surface area contributed by atoms with Crippen molar-refractivity contribution in [1.29, 1.82) is 0 Å². The maximum absolute atomic E-state index is 11.5. The first kappa shape index (κ1) is 11.6. The van der Waals surface area contributed by atoms with E-state index < -0.39 is 16.4 Å². The highest BCUT2D eigenvalue weighted by Crippen LogP contribution is 2.35. The molecule has 80 valence electrons. The number of alkyl halides is 2. The van der Waals surface area contributed by atoms with Gasteiger partial charge in [-0.3, -0.25) is 14.6 Å². The predicted molar refractivity (Wildman–Crippen MR) is 54.1 cm³/mol. The minimum absolute atomic E-state index is 0.204. The Morgan fingerprint density at radius 3 is 2.14 bits per heavy atom. The van der Waals surface area contributed by atoms with E-state index in [1.54, 1.807) is 0 Å². The summed E-state index contributed by atoms with van der Waals surface area (Å²) < 4.78 is -1.74. The van der Waals surface area contributed by atoms with Gasteiger partial charge in [0, 0.05) is 13.6 Å². The predicted octanol–water partition coefficient (Wildman–Crippen LogP) is 1.67. The number of hydrogen-bond acceptors (Lipinski definition) is 2. The molecule has 0 spiro atoms. The minimum atomic E-state index is -1.74. The van der Waals surface area contributed by atoms with Gasteiger partial charge in [-0.1, -0.05) is 37.0 Å². The van der Waals surface area contributed by atoms with Crippen LogP contribution in [0.3, 0.4) is 0 Å². The van der Waals surface area contributed by atoms with Gasteiger partial charge >= 0.3 is 6.03 Å². The number of likely N-dealkylation sites (N-methyl/N-ethyl adjacent to an activating group) is 1. The number of halogens is 2. The normalized spacial score (nSPS) is 21.3. The van der Waals surface area contributed by atoms with Crippen LogP contribution >= 0.6 is 23.2 Å². The smallest absolute Gasteiger partial charge is 0.284 e. The molecule has 0 atom stereocenters. The van der Waals surface area contributed by atoms with E-state index in [1.807, 2.05) is 13.8 Å². The highest BCUT2D eigenvalue weighted by atomic mass is 35.5. The maximum atomic E-state index is 11.5. The van der Waals surface area contributed by atoms with Crippen molar-refractivity contribution in [3.05, 3.63) is 0 Å². The lowest BCUT2D eigenvalue weighted by atomic mass is 10.2. The average molecular weight is 239 g/mol. The van der Waals surface area contributed by atoms with E-state index in [1.165, 1.54) is 11.9 Å². The fourth-order valence-corrected chi connectivity index (χ4v) is 1.80. The average Bonchev–Trinajstić information content (AvgIpc) is 2.20. The van der Waals surface area contributed by atoms with Crippen LogP contribution in [0.2, 0.25) is 0 Å². The second-order valence-electron chi connectivity index (χ2n) is 3.69. The number of urea groups is 1. The molecule has 1 heterocycles. The summed E-state index contributed by atoms with van der Waals surface area (Å²) in [5.74, 6) is -0.387. The molecule has 0 aromatic rings. The zero-order chi connectivity index (χ0) is 11.1. The summed E-state index contributed by atoms with van der Waals surface area (Å²) in [7, 11) is 1.37. The van der Waals surface area contributed by atoms with Crippen LogP contribution in [-0.2, 0) is 4.79 Å². The van der Waals surface area contributed by atoms with Crippen molar-refractivity contribution >= 4 is 35.1 Å².